The van der Waals surface area contributed by atoms with Crippen molar-refractivity contribution < 1.29 is 19.1 Å². The fraction of sp³-hybridized carbons (Fsp3) is 0.353. The van der Waals surface area contributed by atoms with Gasteiger partial charge in [0.2, 0.25) is 11.8 Å². The van der Waals surface area contributed by atoms with E-state index in [-0.39, 0.29) is 17.7 Å². The first-order valence-corrected chi connectivity index (χ1v) is 7.95. The first-order valence-electron chi connectivity index (χ1n) is 7.95. The van der Waals surface area contributed by atoms with Crippen molar-refractivity contribution in [2.75, 3.05) is 24.4 Å². The maximum absolute atomic E-state index is 12.7. The minimum absolute atomic E-state index is 0.203. The summed E-state index contributed by atoms with van der Waals surface area (Å²) in [5.41, 5.74) is 1.32. The van der Waals surface area contributed by atoms with E-state index in [0.29, 0.717) is 35.8 Å². The molecule has 2 N–H and O–H groups in total. The summed E-state index contributed by atoms with van der Waals surface area (Å²) in [4.78, 5) is 23.9. The Morgan fingerprint density at radius 3 is 2.60 bits per heavy atom. The fourth-order valence-corrected chi connectivity index (χ4v) is 2.24. The molecule has 2 aromatic rings. The summed E-state index contributed by atoms with van der Waals surface area (Å²) in [7, 11) is 1.50. The van der Waals surface area contributed by atoms with Crippen molar-refractivity contribution in [2.24, 2.45) is 0 Å². The van der Waals surface area contributed by atoms with Crippen LogP contribution in [0.5, 0.6) is 11.6 Å². The van der Waals surface area contributed by atoms with Crippen LogP contribution in [-0.4, -0.2) is 35.3 Å². The molecule has 25 heavy (non-hydrogen) atoms. The number of methoxy groups -OCH3 is 1. The van der Waals surface area contributed by atoms with Crippen LogP contribution in [0.4, 0.5) is 11.4 Å². The molecule has 0 bridgehead atoms. The Balaban J connectivity index is 2.30. The highest BCUT2D eigenvalue weighted by atomic mass is 16.5. The van der Waals surface area contributed by atoms with Gasteiger partial charge >= 0.3 is 0 Å². The lowest BCUT2D eigenvalue weighted by Gasteiger charge is -2.12. The van der Waals surface area contributed by atoms with Gasteiger partial charge in [0.25, 0.3) is 5.91 Å². The highest BCUT2D eigenvalue weighted by Gasteiger charge is 2.19. The van der Waals surface area contributed by atoms with Crippen molar-refractivity contribution >= 4 is 23.2 Å². The van der Waals surface area contributed by atoms with Gasteiger partial charge in [-0.05, 0) is 32.0 Å². The van der Waals surface area contributed by atoms with E-state index in [1.807, 2.05) is 13.8 Å². The van der Waals surface area contributed by atoms with Crippen LogP contribution >= 0.6 is 0 Å². The minimum Gasteiger partial charge on any atom is -0.495 e. The molecule has 0 radical (unpaired) electrons. The molecule has 2 amide bonds. The first kappa shape index (κ1) is 18.3. The van der Waals surface area contributed by atoms with E-state index in [9.17, 15) is 9.59 Å². The van der Waals surface area contributed by atoms with E-state index in [4.69, 9.17) is 9.47 Å². The number of amides is 2. The zero-order valence-corrected chi connectivity index (χ0v) is 14.8. The Hall–Kier alpha value is -3.03. The number of nitrogens with one attached hydrogen (secondary N) is 2. The summed E-state index contributed by atoms with van der Waals surface area (Å²) in [5.74, 6) is 0.175. The van der Waals surface area contributed by atoms with E-state index in [1.54, 1.807) is 29.1 Å². The predicted molar refractivity (Wildman–Crippen MR) is 94.3 cm³/mol. The van der Waals surface area contributed by atoms with Crippen LogP contribution in [0.1, 0.15) is 31.1 Å². The number of ether oxygens (including phenoxy) is 2. The maximum Gasteiger partial charge on any atom is 0.262 e. The number of benzene rings is 1. The third-order valence-corrected chi connectivity index (χ3v) is 3.35. The maximum atomic E-state index is 12.7. The van der Waals surface area contributed by atoms with E-state index in [2.05, 4.69) is 15.7 Å². The number of nitrogens with zero attached hydrogens (tertiary/aromatic N) is 2. The van der Waals surface area contributed by atoms with Gasteiger partial charge in [0.15, 0.2) is 0 Å². The molecule has 2 rings (SSSR count). The molecule has 0 fully saturated rings. The number of aryl methyl sites for hydroxylation is 1. The van der Waals surface area contributed by atoms with E-state index in [0.717, 1.165) is 0 Å². The predicted octanol–water partition coefficient (Wildman–Crippen LogP) is 2.52. The standard InChI is InChI=1S/C17H22N4O4/c1-5-21-10-13(17(20-21)25-6-2)16(23)19-14-9-12(18-11(3)22)7-8-15(14)24-4/h7-10H,5-6H2,1-4H3,(H,18,22)(H,19,23). The molecule has 8 nitrogen and oxygen atoms in total. The Kier molecular flexibility index (Phi) is 5.99. The van der Waals surface area contributed by atoms with Gasteiger partial charge in [-0.15, -0.1) is 5.10 Å². The van der Waals surface area contributed by atoms with Gasteiger partial charge in [0.05, 0.1) is 19.4 Å². The summed E-state index contributed by atoms with van der Waals surface area (Å²) < 4.78 is 12.3. The Bertz CT molecular complexity index is 770. The average Bonchev–Trinajstić information content (AvgIpc) is 2.98. The highest BCUT2D eigenvalue weighted by molar-refractivity contribution is 6.07. The quantitative estimate of drug-likeness (QED) is 0.803. The topological polar surface area (TPSA) is 94.5 Å². The molecule has 0 aliphatic carbocycles. The van der Waals surface area contributed by atoms with Gasteiger partial charge in [0.1, 0.15) is 11.3 Å². The molecule has 1 heterocycles. The Morgan fingerprint density at radius 2 is 2.00 bits per heavy atom. The average molecular weight is 346 g/mol. The molecule has 134 valence electrons. The number of aromatic nitrogens is 2. The van der Waals surface area contributed by atoms with Gasteiger partial charge in [-0.1, -0.05) is 0 Å². The molecular weight excluding hydrogens is 324 g/mol. The Morgan fingerprint density at radius 1 is 1.24 bits per heavy atom. The van der Waals surface area contributed by atoms with Crippen molar-refractivity contribution in [1.29, 1.82) is 0 Å². The number of anilines is 2. The van der Waals surface area contributed by atoms with Crippen LogP contribution in [0, 0.1) is 0 Å². The van der Waals surface area contributed by atoms with Crippen molar-refractivity contribution in [3.63, 3.8) is 0 Å². The van der Waals surface area contributed by atoms with Crippen LogP contribution in [-0.2, 0) is 11.3 Å². The second-order valence-corrected chi connectivity index (χ2v) is 5.19. The second-order valence-electron chi connectivity index (χ2n) is 5.19. The van der Waals surface area contributed by atoms with Gasteiger partial charge in [-0.3, -0.25) is 14.3 Å². The van der Waals surface area contributed by atoms with Gasteiger partial charge in [-0.25, -0.2) is 0 Å². The second kappa shape index (κ2) is 8.18. The van der Waals surface area contributed by atoms with Crippen molar-refractivity contribution in [2.45, 2.75) is 27.3 Å². The zero-order chi connectivity index (χ0) is 18.4. The first-order chi connectivity index (χ1) is 12.0. The molecule has 0 aliphatic heterocycles. The molecular formula is C17H22N4O4. The molecule has 0 aliphatic rings. The van der Waals surface area contributed by atoms with Gasteiger partial charge in [0, 0.05) is 25.4 Å². The summed E-state index contributed by atoms with van der Waals surface area (Å²) in [6, 6.07) is 4.99. The summed E-state index contributed by atoms with van der Waals surface area (Å²) in [6.07, 6.45) is 1.63. The number of hydrogen-bond acceptors (Lipinski definition) is 5. The Labute approximate surface area is 146 Å². The normalized spacial score (nSPS) is 10.2. The SMILES string of the molecule is CCOc1nn(CC)cc1C(=O)Nc1cc(NC(C)=O)ccc1OC. The number of carbonyl (C=O) groups is 2. The van der Waals surface area contributed by atoms with E-state index >= 15 is 0 Å². The zero-order valence-electron chi connectivity index (χ0n) is 14.8. The molecule has 0 atom stereocenters. The number of carbonyl (C=O) groups excluding carboxylic acids is 2. The van der Waals surface area contributed by atoms with Crippen LogP contribution in [0.2, 0.25) is 0 Å². The van der Waals surface area contributed by atoms with Crippen LogP contribution in [0.15, 0.2) is 24.4 Å². The van der Waals surface area contributed by atoms with E-state index < -0.39 is 0 Å². The molecule has 8 heteroatoms. The largest absolute Gasteiger partial charge is 0.495 e. The lowest BCUT2D eigenvalue weighted by molar-refractivity contribution is -0.114. The van der Waals surface area contributed by atoms with Crippen LogP contribution < -0.4 is 20.1 Å². The summed E-state index contributed by atoms with van der Waals surface area (Å²) in [6.45, 7) is 6.18. The molecule has 1 aromatic carbocycles. The molecule has 0 spiro atoms. The molecule has 1 aromatic heterocycles. The third kappa shape index (κ3) is 4.50. The summed E-state index contributed by atoms with van der Waals surface area (Å²) in [5, 5.41) is 9.67. The highest BCUT2D eigenvalue weighted by Crippen LogP contribution is 2.29. The lowest BCUT2D eigenvalue weighted by atomic mass is 10.2. The van der Waals surface area contributed by atoms with E-state index in [1.165, 1.54) is 14.0 Å². The van der Waals surface area contributed by atoms with Crippen molar-refractivity contribution in [3.8, 4) is 11.6 Å². The molecule has 0 unspecified atom stereocenters. The van der Waals surface area contributed by atoms with Crippen molar-refractivity contribution in [3.05, 3.63) is 30.0 Å². The molecule has 0 saturated heterocycles. The monoisotopic (exact) mass is 346 g/mol. The van der Waals surface area contributed by atoms with Crippen LogP contribution in [0.3, 0.4) is 0 Å². The lowest BCUT2D eigenvalue weighted by Crippen LogP contribution is -2.14. The van der Waals surface area contributed by atoms with Crippen LogP contribution in [0.25, 0.3) is 0 Å². The fourth-order valence-electron chi connectivity index (χ4n) is 2.24. The number of hydrogen-bond donors (Lipinski definition) is 2. The van der Waals surface area contributed by atoms with Crippen molar-refractivity contribution in [1.82, 2.24) is 9.78 Å². The molecule has 0 saturated carbocycles. The van der Waals surface area contributed by atoms with Gasteiger partial charge < -0.3 is 20.1 Å². The third-order valence-electron chi connectivity index (χ3n) is 3.35. The summed E-state index contributed by atoms with van der Waals surface area (Å²) >= 11 is 0. The minimum atomic E-state index is -0.374. The van der Waals surface area contributed by atoms with Gasteiger partial charge in [-0.2, -0.15) is 0 Å². The number of rotatable bonds is 7. The smallest absolute Gasteiger partial charge is 0.262 e.